The third-order valence-corrected chi connectivity index (χ3v) is 5.56. The molecule has 32 heavy (non-hydrogen) atoms. The quantitative estimate of drug-likeness (QED) is 0.356. The molecule has 0 unspecified atom stereocenters. The predicted octanol–water partition coefficient (Wildman–Crippen LogP) is 6.64. The van der Waals surface area contributed by atoms with Crippen LogP contribution in [0, 0.1) is 0 Å². The molecule has 1 N–H and O–H groups in total. The van der Waals surface area contributed by atoms with Crippen LogP contribution >= 0.6 is 0 Å². The van der Waals surface area contributed by atoms with E-state index in [0.29, 0.717) is 22.3 Å². The van der Waals surface area contributed by atoms with Crippen LogP contribution in [-0.4, -0.2) is 16.7 Å². The van der Waals surface area contributed by atoms with Crippen LogP contribution in [0.3, 0.4) is 0 Å². The highest BCUT2D eigenvalue weighted by Gasteiger charge is 2.18. The normalized spacial score (nSPS) is 10.8. The lowest BCUT2D eigenvalue weighted by atomic mass is 9.89. The van der Waals surface area contributed by atoms with E-state index in [1.165, 1.54) is 12.1 Å². The van der Waals surface area contributed by atoms with Gasteiger partial charge in [-0.3, -0.25) is 9.59 Å². The molecule has 0 saturated carbocycles. The minimum atomic E-state index is -0.137. The fraction of sp³-hybridized carbons (Fsp3) is 0.103. The Bertz CT molecular complexity index is 1270. The molecule has 0 heterocycles. The number of rotatable bonds is 6. The maximum Gasteiger partial charge on any atom is 0.193 e. The first-order valence-electron chi connectivity index (χ1n) is 10.6. The molecule has 0 saturated heterocycles. The van der Waals surface area contributed by atoms with Gasteiger partial charge in [0.2, 0.25) is 0 Å². The lowest BCUT2D eigenvalue weighted by Gasteiger charge is -2.14. The van der Waals surface area contributed by atoms with Gasteiger partial charge in [0, 0.05) is 22.3 Å². The molecule has 4 rings (SSSR count). The Balaban J connectivity index is 1.79. The topological polar surface area (TPSA) is 54.4 Å². The molecule has 4 aromatic rings. The molecule has 0 bridgehead atoms. The van der Waals surface area contributed by atoms with E-state index >= 15 is 0 Å². The first-order valence-corrected chi connectivity index (χ1v) is 10.6. The average molecular weight is 421 g/mol. The van der Waals surface area contributed by atoms with Gasteiger partial charge in [-0.1, -0.05) is 74.5 Å². The van der Waals surface area contributed by atoms with Gasteiger partial charge in [-0.25, -0.2) is 0 Å². The van der Waals surface area contributed by atoms with E-state index in [2.05, 4.69) is 13.8 Å². The Kier molecular flexibility index (Phi) is 6.00. The number of carbonyl (C=O) groups is 2. The number of hydrogen-bond acceptors (Lipinski definition) is 3. The van der Waals surface area contributed by atoms with Crippen LogP contribution in [0.15, 0.2) is 97.1 Å². The summed E-state index contributed by atoms with van der Waals surface area (Å²) in [7, 11) is 0. The van der Waals surface area contributed by atoms with Gasteiger partial charge in [-0.2, -0.15) is 0 Å². The molecule has 3 nitrogen and oxygen atoms in total. The smallest absolute Gasteiger partial charge is 0.193 e. The van der Waals surface area contributed by atoms with E-state index in [0.717, 1.165) is 16.7 Å². The molecule has 0 fully saturated rings. The number of phenols is 1. The van der Waals surface area contributed by atoms with E-state index in [1.807, 2.05) is 66.7 Å². The van der Waals surface area contributed by atoms with Gasteiger partial charge in [0.1, 0.15) is 5.75 Å². The van der Waals surface area contributed by atoms with Crippen molar-refractivity contribution in [2.24, 2.45) is 0 Å². The SMILES string of the molecule is CC(C)c1ccc(-c2cccc(C(=O)c3ccc(O)cc3)c2)c(C(=O)c2ccccc2)c1. The molecule has 4 aromatic carbocycles. The summed E-state index contributed by atoms with van der Waals surface area (Å²) in [5.41, 5.74) is 4.97. The molecule has 0 aliphatic rings. The molecule has 0 spiro atoms. The van der Waals surface area contributed by atoms with Crippen LogP contribution in [-0.2, 0) is 0 Å². The van der Waals surface area contributed by atoms with Crippen molar-refractivity contribution in [3.8, 4) is 16.9 Å². The zero-order chi connectivity index (χ0) is 22.7. The average Bonchev–Trinajstić information content (AvgIpc) is 2.84. The second-order valence-electron chi connectivity index (χ2n) is 8.11. The largest absolute Gasteiger partial charge is 0.508 e. The van der Waals surface area contributed by atoms with Gasteiger partial charge < -0.3 is 5.11 Å². The van der Waals surface area contributed by atoms with Crippen LogP contribution in [0.1, 0.15) is 57.2 Å². The lowest BCUT2D eigenvalue weighted by Crippen LogP contribution is -2.06. The molecule has 0 aliphatic heterocycles. The Labute approximate surface area is 188 Å². The third kappa shape index (κ3) is 4.37. The van der Waals surface area contributed by atoms with E-state index in [9.17, 15) is 14.7 Å². The standard InChI is InChI=1S/C29H24O3/c1-19(2)22-13-16-26(27(18-22)29(32)20-7-4-3-5-8-20)23-9-6-10-24(17-23)28(31)21-11-14-25(30)15-12-21/h3-19,30H,1-2H3. The zero-order valence-corrected chi connectivity index (χ0v) is 18.1. The number of aromatic hydroxyl groups is 1. The van der Waals surface area contributed by atoms with Gasteiger partial charge in [-0.05, 0) is 59.0 Å². The summed E-state index contributed by atoms with van der Waals surface area (Å²) in [6, 6.07) is 28.7. The highest BCUT2D eigenvalue weighted by atomic mass is 16.3. The number of benzene rings is 4. The molecular weight excluding hydrogens is 396 g/mol. The summed E-state index contributed by atoms with van der Waals surface area (Å²) in [6.45, 7) is 4.20. The van der Waals surface area contributed by atoms with E-state index < -0.39 is 0 Å². The highest BCUT2D eigenvalue weighted by molar-refractivity contribution is 6.14. The third-order valence-electron chi connectivity index (χ3n) is 5.56. The van der Waals surface area contributed by atoms with Crippen molar-refractivity contribution in [1.29, 1.82) is 0 Å². The van der Waals surface area contributed by atoms with Gasteiger partial charge in [0.25, 0.3) is 0 Å². The summed E-state index contributed by atoms with van der Waals surface area (Å²) in [6.07, 6.45) is 0. The summed E-state index contributed by atoms with van der Waals surface area (Å²) >= 11 is 0. The molecule has 0 aliphatic carbocycles. The van der Waals surface area contributed by atoms with Crippen molar-refractivity contribution in [1.82, 2.24) is 0 Å². The minimum Gasteiger partial charge on any atom is -0.508 e. The minimum absolute atomic E-state index is 0.0432. The number of carbonyl (C=O) groups excluding carboxylic acids is 2. The molecule has 158 valence electrons. The second kappa shape index (κ2) is 9.03. The second-order valence-corrected chi connectivity index (χ2v) is 8.11. The van der Waals surface area contributed by atoms with E-state index in [1.54, 1.807) is 18.2 Å². The van der Waals surface area contributed by atoms with Gasteiger partial charge in [0.05, 0.1) is 0 Å². The molecule has 0 atom stereocenters. The first kappa shape index (κ1) is 21.3. The van der Waals surface area contributed by atoms with Crippen molar-refractivity contribution in [3.63, 3.8) is 0 Å². The van der Waals surface area contributed by atoms with Crippen LogP contribution < -0.4 is 0 Å². The number of ketones is 2. The van der Waals surface area contributed by atoms with E-state index in [-0.39, 0.29) is 23.2 Å². The highest BCUT2D eigenvalue weighted by Crippen LogP contribution is 2.30. The van der Waals surface area contributed by atoms with Crippen LogP contribution in [0.25, 0.3) is 11.1 Å². The van der Waals surface area contributed by atoms with E-state index in [4.69, 9.17) is 0 Å². The summed E-state index contributed by atoms with van der Waals surface area (Å²) in [5, 5.41) is 9.50. The maximum atomic E-state index is 13.4. The van der Waals surface area contributed by atoms with Gasteiger partial charge in [-0.15, -0.1) is 0 Å². The fourth-order valence-corrected chi connectivity index (χ4v) is 3.71. The summed E-state index contributed by atoms with van der Waals surface area (Å²) < 4.78 is 0. The number of phenolic OH excluding ortho intramolecular Hbond substituents is 1. The summed E-state index contributed by atoms with van der Waals surface area (Å²) in [5.74, 6) is 0.221. The number of hydrogen-bond donors (Lipinski definition) is 1. The molecule has 0 amide bonds. The molecular formula is C29H24O3. The van der Waals surface area contributed by atoms with Crippen molar-refractivity contribution >= 4 is 11.6 Å². The molecule has 3 heteroatoms. The Hall–Kier alpha value is -3.98. The Morgan fingerprint density at radius 1 is 0.656 bits per heavy atom. The molecule has 0 aromatic heterocycles. The predicted molar refractivity (Wildman–Crippen MR) is 127 cm³/mol. The first-order chi connectivity index (χ1) is 15.4. The Morgan fingerprint density at radius 3 is 2.00 bits per heavy atom. The fourth-order valence-electron chi connectivity index (χ4n) is 3.71. The lowest BCUT2D eigenvalue weighted by molar-refractivity contribution is 0.103. The van der Waals surface area contributed by atoms with Gasteiger partial charge in [0.15, 0.2) is 11.6 Å². The summed E-state index contributed by atoms with van der Waals surface area (Å²) in [4.78, 5) is 26.4. The van der Waals surface area contributed by atoms with Gasteiger partial charge >= 0.3 is 0 Å². The van der Waals surface area contributed by atoms with Crippen molar-refractivity contribution in [3.05, 3.63) is 125 Å². The van der Waals surface area contributed by atoms with Crippen molar-refractivity contribution in [2.75, 3.05) is 0 Å². The zero-order valence-electron chi connectivity index (χ0n) is 18.1. The maximum absolute atomic E-state index is 13.4. The van der Waals surface area contributed by atoms with Crippen molar-refractivity contribution < 1.29 is 14.7 Å². The van der Waals surface area contributed by atoms with Crippen LogP contribution in [0.2, 0.25) is 0 Å². The van der Waals surface area contributed by atoms with Crippen LogP contribution in [0.4, 0.5) is 0 Å². The van der Waals surface area contributed by atoms with Crippen molar-refractivity contribution in [2.45, 2.75) is 19.8 Å². The molecule has 0 radical (unpaired) electrons. The Morgan fingerprint density at radius 2 is 1.31 bits per heavy atom. The van der Waals surface area contributed by atoms with Crippen LogP contribution in [0.5, 0.6) is 5.75 Å². The monoisotopic (exact) mass is 420 g/mol.